The van der Waals surface area contributed by atoms with Gasteiger partial charge in [-0.2, -0.15) is 0 Å². The monoisotopic (exact) mass is 385 g/mol. The minimum absolute atomic E-state index is 0.317. The van der Waals surface area contributed by atoms with Gasteiger partial charge < -0.3 is 19.0 Å². The predicted molar refractivity (Wildman–Crippen MR) is 107 cm³/mol. The molecule has 0 saturated carbocycles. The highest BCUT2D eigenvalue weighted by atomic mass is 35.5. The Balaban J connectivity index is 1.50. The second-order valence-corrected chi connectivity index (χ2v) is 7.28. The summed E-state index contributed by atoms with van der Waals surface area (Å²) in [6.45, 7) is 4.73. The standard InChI is InChI=1S/C21H21ClN2O3/c1-26-18-5-6-19-15(11-21(25)27-20(19)13-18)14-23-7-9-24(10-8-23)17-4-2-3-16(22)12-17/h2-6,11-13H,7-10,14H2,1H3/p+1. The molecule has 1 aliphatic heterocycles. The fourth-order valence-corrected chi connectivity index (χ4v) is 3.87. The van der Waals surface area contributed by atoms with E-state index in [9.17, 15) is 4.79 Å². The lowest BCUT2D eigenvalue weighted by molar-refractivity contribution is -0.914. The molecule has 1 aliphatic rings. The molecule has 140 valence electrons. The SMILES string of the molecule is COc1ccc2c(C[NH+]3CCN(c4cccc(Cl)c4)CC3)cc(=O)oc2c1. The van der Waals surface area contributed by atoms with E-state index in [1.54, 1.807) is 19.2 Å². The van der Waals surface area contributed by atoms with E-state index in [0.717, 1.165) is 48.7 Å². The third-order valence-corrected chi connectivity index (χ3v) is 5.36. The lowest BCUT2D eigenvalue weighted by Gasteiger charge is -2.33. The van der Waals surface area contributed by atoms with Gasteiger partial charge in [0.2, 0.25) is 0 Å². The number of benzene rings is 2. The van der Waals surface area contributed by atoms with Crippen LogP contribution in [0.25, 0.3) is 11.0 Å². The molecule has 4 rings (SSSR count). The van der Waals surface area contributed by atoms with Gasteiger partial charge in [0.15, 0.2) is 0 Å². The van der Waals surface area contributed by atoms with Gasteiger partial charge in [0, 0.05) is 33.8 Å². The lowest BCUT2D eigenvalue weighted by Crippen LogP contribution is -3.13. The maximum atomic E-state index is 12.0. The Morgan fingerprint density at radius 3 is 2.70 bits per heavy atom. The number of nitrogens with one attached hydrogen (secondary N) is 1. The maximum absolute atomic E-state index is 12.0. The number of rotatable bonds is 4. The smallest absolute Gasteiger partial charge is 0.336 e. The van der Waals surface area contributed by atoms with E-state index < -0.39 is 0 Å². The Bertz CT molecular complexity index is 1010. The molecule has 5 nitrogen and oxygen atoms in total. The number of quaternary nitrogens is 1. The van der Waals surface area contributed by atoms with E-state index in [-0.39, 0.29) is 5.63 Å². The molecule has 0 aliphatic carbocycles. The van der Waals surface area contributed by atoms with E-state index in [0.29, 0.717) is 11.3 Å². The van der Waals surface area contributed by atoms with Crippen LogP contribution in [0.4, 0.5) is 5.69 Å². The first-order valence-electron chi connectivity index (χ1n) is 9.07. The highest BCUT2D eigenvalue weighted by Gasteiger charge is 2.22. The summed E-state index contributed by atoms with van der Waals surface area (Å²) in [7, 11) is 1.60. The number of hydrogen-bond acceptors (Lipinski definition) is 4. The van der Waals surface area contributed by atoms with Gasteiger partial charge in [-0.05, 0) is 30.3 Å². The van der Waals surface area contributed by atoms with Crippen LogP contribution in [0.1, 0.15) is 5.56 Å². The molecule has 1 fully saturated rings. The fourth-order valence-electron chi connectivity index (χ4n) is 3.68. The van der Waals surface area contributed by atoms with Crippen molar-refractivity contribution in [3.63, 3.8) is 0 Å². The largest absolute Gasteiger partial charge is 0.497 e. The minimum Gasteiger partial charge on any atom is -0.497 e. The van der Waals surface area contributed by atoms with Crippen molar-refractivity contribution in [1.29, 1.82) is 0 Å². The predicted octanol–water partition coefficient (Wildman–Crippen LogP) is 2.36. The Hall–Kier alpha value is -2.50. The molecular weight excluding hydrogens is 364 g/mol. The van der Waals surface area contributed by atoms with E-state index in [1.165, 1.54) is 10.6 Å². The van der Waals surface area contributed by atoms with Crippen molar-refractivity contribution in [3.05, 3.63) is 69.5 Å². The van der Waals surface area contributed by atoms with Crippen molar-refractivity contribution in [2.24, 2.45) is 0 Å². The molecule has 0 unspecified atom stereocenters. The number of methoxy groups -OCH3 is 1. The van der Waals surface area contributed by atoms with E-state index in [4.69, 9.17) is 20.8 Å². The van der Waals surface area contributed by atoms with Crippen LogP contribution in [0.15, 0.2) is 57.7 Å². The van der Waals surface area contributed by atoms with Crippen molar-refractivity contribution in [2.45, 2.75) is 6.54 Å². The van der Waals surface area contributed by atoms with Crippen LogP contribution in [0, 0.1) is 0 Å². The molecule has 27 heavy (non-hydrogen) atoms. The van der Waals surface area contributed by atoms with Crippen LogP contribution in [-0.4, -0.2) is 33.3 Å². The third kappa shape index (κ3) is 3.94. The molecule has 0 amide bonds. The first-order valence-corrected chi connectivity index (χ1v) is 9.45. The van der Waals surface area contributed by atoms with Crippen molar-refractivity contribution in [3.8, 4) is 5.75 Å². The third-order valence-electron chi connectivity index (χ3n) is 5.12. The Morgan fingerprint density at radius 1 is 1.15 bits per heavy atom. The van der Waals surface area contributed by atoms with Crippen LogP contribution in [0.5, 0.6) is 5.75 Å². The first kappa shape index (κ1) is 17.9. The summed E-state index contributed by atoms with van der Waals surface area (Å²) in [6.07, 6.45) is 0. The van der Waals surface area contributed by atoms with Crippen molar-refractivity contribution >= 4 is 28.3 Å². The van der Waals surface area contributed by atoms with Crippen LogP contribution in [0.3, 0.4) is 0 Å². The lowest BCUT2D eigenvalue weighted by atomic mass is 10.1. The summed E-state index contributed by atoms with van der Waals surface area (Å²) in [5, 5.41) is 1.74. The average molecular weight is 386 g/mol. The van der Waals surface area contributed by atoms with E-state index in [2.05, 4.69) is 11.0 Å². The van der Waals surface area contributed by atoms with Crippen molar-refractivity contribution in [2.75, 3.05) is 38.2 Å². The Morgan fingerprint density at radius 2 is 1.96 bits per heavy atom. The number of nitrogens with zero attached hydrogens (tertiary/aromatic N) is 1. The van der Waals surface area contributed by atoms with Gasteiger partial charge in [-0.1, -0.05) is 17.7 Å². The molecule has 1 aromatic heterocycles. The zero-order chi connectivity index (χ0) is 18.8. The molecule has 0 radical (unpaired) electrons. The molecule has 3 aromatic rings. The van der Waals surface area contributed by atoms with Gasteiger partial charge in [0.05, 0.1) is 33.3 Å². The highest BCUT2D eigenvalue weighted by molar-refractivity contribution is 6.30. The number of hydrogen-bond donors (Lipinski definition) is 1. The van der Waals surface area contributed by atoms with Crippen LogP contribution in [-0.2, 0) is 6.54 Å². The molecule has 0 atom stereocenters. The molecule has 0 bridgehead atoms. The normalized spacial score (nSPS) is 15.3. The number of anilines is 1. The zero-order valence-electron chi connectivity index (χ0n) is 15.2. The summed E-state index contributed by atoms with van der Waals surface area (Å²) < 4.78 is 10.6. The Kier molecular flexibility index (Phi) is 5.05. The number of fused-ring (bicyclic) bond motifs is 1. The van der Waals surface area contributed by atoms with Crippen LogP contribution < -0.4 is 20.2 Å². The second kappa shape index (κ2) is 7.62. The molecule has 1 N–H and O–H groups in total. The minimum atomic E-state index is -0.317. The number of ether oxygens (including phenoxy) is 1. The molecule has 6 heteroatoms. The average Bonchev–Trinajstić information content (AvgIpc) is 2.68. The van der Waals surface area contributed by atoms with Gasteiger partial charge in [0.25, 0.3) is 0 Å². The quantitative estimate of drug-likeness (QED) is 0.700. The first-order chi connectivity index (χ1) is 13.1. The van der Waals surface area contributed by atoms with E-state index >= 15 is 0 Å². The van der Waals surface area contributed by atoms with Crippen LogP contribution in [0.2, 0.25) is 5.02 Å². The number of halogens is 1. The number of piperazine rings is 1. The summed E-state index contributed by atoms with van der Waals surface area (Å²) >= 11 is 6.11. The molecule has 1 saturated heterocycles. The summed E-state index contributed by atoms with van der Waals surface area (Å²) in [5.74, 6) is 0.685. The van der Waals surface area contributed by atoms with Gasteiger partial charge in [-0.25, -0.2) is 4.79 Å². The molecule has 2 aromatic carbocycles. The summed E-state index contributed by atoms with van der Waals surface area (Å²) in [6, 6.07) is 15.2. The van der Waals surface area contributed by atoms with Gasteiger partial charge >= 0.3 is 5.63 Å². The molecule has 2 heterocycles. The van der Waals surface area contributed by atoms with Gasteiger partial charge in [-0.15, -0.1) is 0 Å². The molecular formula is C21H22ClN2O3+. The van der Waals surface area contributed by atoms with Gasteiger partial charge in [0.1, 0.15) is 17.9 Å². The molecule has 0 spiro atoms. The van der Waals surface area contributed by atoms with E-state index in [1.807, 2.05) is 30.3 Å². The second-order valence-electron chi connectivity index (χ2n) is 6.85. The highest BCUT2D eigenvalue weighted by Crippen LogP contribution is 2.22. The summed E-state index contributed by atoms with van der Waals surface area (Å²) in [4.78, 5) is 15.8. The Labute approximate surface area is 162 Å². The maximum Gasteiger partial charge on any atom is 0.336 e. The topological polar surface area (TPSA) is 47.1 Å². The zero-order valence-corrected chi connectivity index (χ0v) is 16.0. The van der Waals surface area contributed by atoms with Gasteiger partial charge in [-0.3, -0.25) is 0 Å². The fraction of sp³-hybridized carbons (Fsp3) is 0.286. The summed E-state index contributed by atoms with van der Waals surface area (Å²) in [5.41, 5.74) is 2.45. The van der Waals surface area contributed by atoms with Crippen LogP contribution >= 0.6 is 11.6 Å². The van der Waals surface area contributed by atoms with Crippen molar-refractivity contribution < 1.29 is 14.1 Å². The van der Waals surface area contributed by atoms with Crippen molar-refractivity contribution in [1.82, 2.24) is 0 Å².